The minimum Gasteiger partial charge on any atom is -0.483 e. The van der Waals surface area contributed by atoms with Crippen LogP contribution >= 0.6 is 39.3 Å². The van der Waals surface area contributed by atoms with Gasteiger partial charge in [-0.2, -0.15) is 5.10 Å². The van der Waals surface area contributed by atoms with E-state index in [1.807, 2.05) is 0 Å². The lowest BCUT2D eigenvalue weighted by molar-refractivity contribution is -0.122. The van der Waals surface area contributed by atoms with Crippen LogP contribution in [0.1, 0.15) is 16.9 Å². The van der Waals surface area contributed by atoms with Crippen LogP contribution < -0.4 is 10.1 Å². The summed E-state index contributed by atoms with van der Waals surface area (Å²) in [6.07, 6.45) is 4.67. The van der Waals surface area contributed by atoms with Gasteiger partial charge in [0.05, 0.1) is 23.9 Å². The van der Waals surface area contributed by atoms with Crippen molar-refractivity contribution in [2.45, 2.75) is 6.54 Å². The molecular formula is C30H21BrClFN4O4S. The van der Waals surface area contributed by atoms with Crippen LogP contribution in [0.3, 0.4) is 0 Å². The summed E-state index contributed by atoms with van der Waals surface area (Å²) in [5, 5.41) is 12.0. The molecule has 12 heteroatoms. The van der Waals surface area contributed by atoms with Gasteiger partial charge in [0, 0.05) is 20.7 Å². The second-order valence-corrected chi connectivity index (χ2v) is 11.1. The first-order valence-electron chi connectivity index (χ1n) is 12.4. The van der Waals surface area contributed by atoms with Gasteiger partial charge in [0.1, 0.15) is 17.3 Å². The number of hydrogen-bond donors (Lipinski definition) is 1. The predicted octanol–water partition coefficient (Wildman–Crippen LogP) is 7.36. The molecule has 0 aliphatic carbocycles. The van der Waals surface area contributed by atoms with Crippen LogP contribution in [-0.4, -0.2) is 34.7 Å². The fraction of sp³-hybridized carbons (Fsp3) is 0.0667. The molecule has 1 N–H and O–H groups in total. The average molecular weight is 668 g/mol. The summed E-state index contributed by atoms with van der Waals surface area (Å²) >= 11 is 10.5. The molecule has 1 aromatic heterocycles. The van der Waals surface area contributed by atoms with Gasteiger partial charge in [-0.25, -0.2) is 4.39 Å². The zero-order valence-corrected chi connectivity index (χ0v) is 24.8. The molecule has 0 spiro atoms. The Morgan fingerprint density at radius 1 is 1.12 bits per heavy atom. The smallest absolute Gasteiger partial charge is 0.267 e. The van der Waals surface area contributed by atoms with Crippen molar-refractivity contribution in [2.75, 3.05) is 11.9 Å². The molecule has 1 fully saturated rings. The van der Waals surface area contributed by atoms with Crippen LogP contribution in [0, 0.1) is 5.82 Å². The molecule has 1 aliphatic heterocycles. The second-order valence-electron chi connectivity index (χ2n) is 8.79. The van der Waals surface area contributed by atoms with Crippen molar-refractivity contribution in [3.8, 4) is 5.75 Å². The molecule has 212 valence electrons. The number of furan rings is 1. The number of rotatable bonds is 9. The largest absolute Gasteiger partial charge is 0.483 e. The van der Waals surface area contributed by atoms with Gasteiger partial charge in [-0.3, -0.25) is 14.5 Å². The molecular weight excluding hydrogens is 647 g/mol. The van der Waals surface area contributed by atoms with Crippen molar-refractivity contribution in [3.05, 3.63) is 122 Å². The number of nitrogens with zero attached hydrogens (tertiary/aromatic N) is 3. The van der Waals surface area contributed by atoms with E-state index in [1.165, 1.54) is 29.5 Å². The van der Waals surface area contributed by atoms with Gasteiger partial charge in [0.15, 0.2) is 11.8 Å². The van der Waals surface area contributed by atoms with Crippen LogP contribution in [-0.2, 0) is 16.1 Å². The summed E-state index contributed by atoms with van der Waals surface area (Å²) in [5.41, 5.74) is 1.82. The van der Waals surface area contributed by atoms with E-state index < -0.39 is 0 Å². The molecule has 5 rings (SSSR count). The highest BCUT2D eigenvalue weighted by Crippen LogP contribution is 2.36. The molecule has 0 saturated carbocycles. The van der Waals surface area contributed by atoms with Gasteiger partial charge < -0.3 is 14.5 Å². The summed E-state index contributed by atoms with van der Waals surface area (Å²) in [6.45, 7) is -0.106. The molecule has 0 atom stereocenters. The van der Waals surface area contributed by atoms with Gasteiger partial charge in [-0.05, 0) is 90.1 Å². The van der Waals surface area contributed by atoms with Crippen LogP contribution in [0.15, 0.2) is 109 Å². The normalized spacial score (nSPS) is 15.2. The number of halogens is 3. The lowest BCUT2D eigenvalue weighted by atomic mass is 10.2. The highest BCUT2D eigenvalue weighted by molar-refractivity contribution is 9.10. The van der Waals surface area contributed by atoms with Gasteiger partial charge >= 0.3 is 0 Å². The lowest BCUT2D eigenvalue weighted by Gasteiger charge is -2.13. The molecule has 4 aromatic rings. The number of ether oxygens (including phenoxy) is 1. The summed E-state index contributed by atoms with van der Waals surface area (Å²) in [4.78, 5) is 27.8. The van der Waals surface area contributed by atoms with Crippen LogP contribution in [0.2, 0.25) is 5.02 Å². The zero-order valence-electron chi connectivity index (χ0n) is 21.7. The molecule has 3 aromatic carbocycles. The predicted molar refractivity (Wildman–Crippen MR) is 166 cm³/mol. The SMILES string of the molecule is O=C(COc1ccc(Br)cc1/C=C1\S/C(=N/N=C\c2ccc(F)cc2)N(Cc2ccco2)C1=O)Nc1ccc(Cl)cc1. The van der Waals surface area contributed by atoms with Crippen molar-refractivity contribution >= 4 is 74.3 Å². The lowest BCUT2D eigenvalue weighted by Crippen LogP contribution is -2.28. The van der Waals surface area contributed by atoms with E-state index in [4.69, 9.17) is 20.8 Å². The number of hydrogen-bond acceptors (Lipinski definition) is 7. The fourth-order valence-electron chi connectivity index (χ4n) is 3.75. The number of thioether (sulfide) groups is 1. The maximum atomic E-state index is 13.5. The minimum absolute atomic E-state index is 0.147. The van der Waals surface area contributed by atoms with E-state index in [9.17, 15) is 14.0 Å². The van der Waals surface area contributed by atoms with E-state index in [0.29, 0.717) is 43.4 Å². The molecule has 2 amide bonds. The summed E-state index contributed by atoms with van der Waals surface area (Å²) in [7, 11) is 0. The van der Waals surface area contributed by atoms with Crippen LogP contribution in [0.4, 0.5) is 10.1 Å². The van der Waals surface area contributed by atoms with Crippen LogP contribution in [0.25, 0.3) is 6.08 Å². The Bertz CT molecular complexity index is 1680. The van der Waals surface area contributed by atoms with E-state index in [0.717, 1.165) is 16.2 Å². The Kier molecular flexibility index (Phi) is 9.52. The van der Waals surface area contributed by atoms with Crippen molar-refractivity contribution < 1.29 is 23.1 Å². The van der Waals surface area contributed by atoms with Gasteiger partial charge in [0.2, 0.25) is 0 Å². The Morgan fingerprint density at radius 2 is 1.90 bits per heavy atom. The molecule has 0 unspecified atom stereocenters. The maximum absolute atomic E-state index is 13.5. The summed E-state index contributed by atoms with van der Waals surface area (Å²) < 4.78 is 25.2. The van der Waals surface area contributed by atoms with E-state index in [-0.39, 0.29) is 30.8 Å². The van der Waals surface area contributed by atoms with E-state index in [1.54, 1.807) is 72.8 Å². The van der Waals surface area contributed by atoms with E-state index >= 15 is 0 Å². The molecule has 0 radical (unpaired) electrons. The molecule has 0 bridgehead atoms. The Hall–Kier alpha value is -4.19. The minimum atomic E-state index is -0.358. The van der Waals surface area contributed by atoms with Crippen LogP contribution in [0.5, 0.6) is 5.75 Å². The third-order valence-electron chi connectivity index (χ3n) is 5.75. The van der Waals surface area contributed by atoms with Gasteiger partial charge in [0.25, 0.3) is 11.8 Å². The highest BCUT2D eigenvalue weighted by Gasteiger charge is 2.34. The second kappa shape index (κ2) is 13.6. The Morgan fingerprint density at radius 3 is 2.64 bits per heavy atom. The first-order valence-corrected chi connectivity index (χ1v) is 14.4. The zero-order chi connectivity index (χ0) is 29.5. The van der Waals surface area contributed by atoms with Crippen molar-refractivity contribution in [3.63, 3.8) is 0 Å². The number of benzene rings is 3. The molecule has 1 saturated heterocycles. The highest BCUT2D eigenvalue weighted by atomic mass is 79.9. The van der Waals surface area contributed by atoms with Crippen molar-refractivity contribution in [1.82, 2.24) is 4.90 Å². The maximum Gasteiger partial charge on any atom is 0.267 e. The number of anilines is 1. The fourth-order valence-corrected chi connectivity index (χ4v) is 5.18. The third-order valence-corrected chi connectivity index (χ3v) is 7.49. The van der Waals surface area contributed by atoms with Gasteiger partial charge in [-0.1, -0.05) is 39.7 Å². The summed E-state index contributed by atoms with van der Waals surface area (Å²) in [5.74, 6) is -0.0455. The first-order chi connectivity index (χ1) is 20.3. The average Bonchev–Trinajstić information content (AvgIpc) is 3.59. The number of carbonyl (C=O) groups is 2. The number of carbonyl (C=O) groups excluding carboxylic acids is 2. The molecule has 2 heterocycles. The quantitative estimate of drug-likeness (QED) is 0.114. The molecule has 42 heavy (non-hydrogen) atoms. The van der Waals surface area contributed by atoms with Crippen molar-refractivity contribution in [2.24, 2.45) is 10.2 Å². The molecule has 8 nitrogen and oxygen atoms in total. The Labute approximate surface area is 258 Å². The number of amides is 2. The first kappa shape index (κ1) is 29.3. The third kappa shape index (κ3) is 7.75. The standard InChI is InChI=1S/C30H21BrClFN4O4S/c31-21-5-12-26(41-18-28(38)35-24-10-6-22(32)7-11-24)20(14-21)15-27-29(39)37(17-25-2-1-13-40-25)30(42-27)36-34-16-19-3-8-23(33)9-4-19/h1-16H,17-18H2,(H,35,38)/b27-15-,34-16-,36-30+. The number of nitrogens with one attached hydrogen (secondary N) is 1. The number of amidine groups is 1. The van der Waals surface area contributed by atoms with Crippen molar-refractivity contribution in [1.29, 1.82) is 0 Å². The monoisotopic (exact) mass is 666 g/mol. The topological polar surface area (TPSA) is 96.5 Å². The summed E-state index contributed by atoms with van der Waals surface area (Å²) in [6, 6.07) is 21.3. The van der Waals surface area contributed by atoms with Gasteiger partial charge in [-0.15, -0.1) is 5.10 Å². The molecule has 1 aliphatic rings. The van der Waals surface area contributed by atoms with E-state index in [2.05, 4.69) is 31.4 Å². The Balaban J connectivity index is 1.36.